The number of ether oxygens (including phenoxy) is 2. The molecule has 1 fully saturated rings. The van der Waals surface area contributed by atoms with Crippen LogP contribution in [-0.4, -0.2) is 45.7 Å². The van der Waals surface area contributed by atoms with Crippen LogP contribution in [0.25, 0.3) is 0 Å². The summed E-state index contributed by atoms with van der Waals surface area (Å²) in [6.07, 6.45) is 0. The van der Waals surface area contributed by atoms with Crippen LogP contribution in [0.2, 0.25) is 0 Å². The van der Waals surface area contributed by atoms with Crippen molar-refractivity contribution in [1.29, 1.82) is 0 Å². The third-order valence-corrected chi connectivity index (χ3v) is 5.40. The number of nitrogens with one attached hydrogen (secondary N) is 1. The molecule has 1 N–H and O–H groups in total. The molecule has 0 aromatic heterocycles. The first-order chi connectivity index (χ1) is 9.09. The van der Waals surface area contributed by atoms with Crippen LogP contribution in [-0.2, 0) is 10.0 Å². The first-order valence-corrected chi connectivity index (χ1v) is 7.64. The van der Waals surface area contributed by atoms with Gasteiger partial charge in [-0.05, 0) is 18.6 Å². The second-order valence-corrected chi connectivity index (χ2v) is 6.53. The Balaban J connectivity index is 0.00000147. The monoisotopic (exact) mass is 320 g/mol. The lowest BCUT2D eigenvalue weighted by atomic mass is 10.2. The maximum Gasteiger partial charge on any atom is 0.243 e. The maximum atomic E-state index is 12.6. The van der Waals surface area contributed by atoms with E-state index in [0.29, 0.717) is 48.1 Å². The molecule has 2 aliphatic rings. The molecule has 20 heavy (non-hydrogen) atoms. The Morgan fingerprint density at radius 3 is 2.40 bits per heavy atom. The summed E-state index contributed by atoms with van der Waals surface area (Å²) >= 11 is 0. The van der Waals surface area contributed by atoms with Crippen LogP contribution in [0.3, 0.4) is 0 Å². The summed E-state index contributed by atoms with van der Waals surface area (Å²) in [5.41, 5.74) is 0.683. The van der Waals surface area contributed by atoms with Gasteiger partial charge in [0.25, 0.3) is 0 Å². The third kappa shape index (κ3) is 2.58. The lowest BCUT2D eigenvalue weighted by Crippen LogP contribution is -2.46. The van der Waals surface area contributed by atoms with Gasteiger partial charge in [0.2, 0.25) is 16.8 Å². The van der Waals surface area contributed by atoms with E-state index in [9.17, 15) is 8.42 Å². The molecule has 0 unspecified atom stereocenters. The quantitative estimate of drug-likeness (QED) is 0.870. The minimum atomic E-state index is -3.46. The van der Waals surface area contributed by atoms with Crippen molar-refractivity contribution >= 4 is 22.4 Å². The van der Waals surface area contributed by atoms with Gasteiger partial charge in [-0.2, -0.15) is 4.31 Å². The number of benzene rings is 1. The summed E-state index contributed by atoms with van der Waals surface area (Å²) in [5, 5.41) is 3.14. The summed E-state index contributed by atoms with van der Waals surface area (Å²) in [6, 6.07) is 3.28. The minimum Gasteiger partial charge on any atom is -0.454 e. The average Bonchev–Trinajstić information content (AvgIpc) is 2.85. The Kier molecular flexibility index (Phi) is 4.43. The first-order valence-electron chi connectivity index (χ1n) is 6.20. The maximum absolute atomic E-state index is 12.6. The van der Waals surface area contributed by atoms with Crippen molar-refractivity contribution in [2.75, 3.05) is 33.0 Å². The standard InChI is InChI=1S/C12H16N2O4S.ClH/c1-9-6-10-11(18-8-17-10)7-12(9)19(15,16)14-4-2-13-3-5-14;/h6-7,13H,2-5,8H2,1H3;1H. The number of halogens is 1. The number of fused-ring (bicyclic) bond motifs is 1. The first kappa shape index (κ1) is 15.4. The van der Waals surface area contributed by atoms with Crippen molar-refractivity contribution in [3.05, 3.63) is 17.7 Å². The van der Waals surface area contributed by atoms with Crippen molar-refractivity contribution in [2.24, 2.45) is 0 Å². The van der Waals surface area contributed by atoms with Crippen molar-refractivity contribution in [3.8, 4) is 11.5 Å². The van der Waals surface area contributed by atoms with E-state index in [1.54, 1.807) is 19.1 Å². The summed E-state index contributed by atoms with van der Waals surface area (Å²) in [5.74, 6) is 1.11. The lowest BCUT2D eigenvalue weighted by molar-refractivity contribution is 0.174. The van der Waals surface area contributed by atoms with Gasteiger partial charge in [0.15, 0.2) is 11.5 Å². The van der Waals surface area contributed by atoms with Crippen molar-refractivity contribution in [1.82, 2.24) is 9.62 Å². The highest BCUT2D eigenvalue weighted by Gasteiger charge is 2.29. The zero-order chi connectivity index (χ0) is 13.5. The van der Waals surface area contributed by atoms with E-state index < -0.39 is 10.0 Å². The van der Waals surface area contributed by atoms with Crippen LogP contribution in [0.1, 0.15) is 5.56 Å². The molecule has 0 atom stereocenters. The van der Waals surface area contributed by atoms with Crippen LogP contribution in [0.5, 0.6) is 11.5 Å². The van der Waals surface area contributed by atoms with Gasteiger partial charge in [0, 0.05) is 32.2 Å². The average molecular weight is 321 g/mol. The van der Waals surface area contributed by atoms with E-state index in [2.05, 4.69) is 5.32 Å². The molecular formula is C12H17ClN2O4S. The zero-order valence-corrected chi connectivity index (χ0v) is 12.7. The van der Waals surface area contributed by atoms with Crippen LogP contribution < -0.4 is 14.8 Å². The number of hydrogen-bond acceptors (Lipinski definition) is 5. The van der Waals surface area contributed by atoms with Crippen LogP contribution in [0.4, 0.5) is 0 Å². The molecule has 0 bridgehead atoms. The minimum absolute atomic E-state index is 0. The molecule has 2 aliphatic heterocycles. The van der Waals surface area contributed by atoms with Crippen LogP contribution in [0.15, 0.2) is 17.0 Å². The Labute approximate surface area is 124 Å². The molecule has 0 saturated carbocycles. The number of hydrogen-bond donors (Lipinski definition) is 1. The predicted molar refractivity (Wildman–Crippen MR) is 76.2 cm³/mol. The van der Waals surface area contributed by atoms with Crippen LogP contribution >= 0.6 is 12.4 Å². The summed E-state index contributed by atoms with van der Waals surface area (Å²) in [6.45, 7) is 4.28. The Bertz CT molecular complexity index is 600. The van der Waals surface area contributed by atoms with E-state index in [1.165, 1.54) is 4.31 Å². The Hall–Kier alpha value is -1.02. The number of rotatable bonds is 2. The second kappa shape index (κ2) is 5.77. The molecule has 2 heterocycles. The van der Waals surface area contributed by atoms with E-state index >= 15 is 0 Å². The van der Waals surface area contributed by atoms with Gasteiger partial charge >= 0.3 is 0 Å². The summed E-state index contributed by atoms with van der Waals surface area (Å²) in [4.78, 5) is 0.304. The largest absolute Gasteiger partial charge is 0.454 e. The molecule has 112 valence electrons. The molecule has 6 nitrogen and oxygen atoms in total. The normalized spacial score (nSPS) is 18.6. The molecule has 0 amide bonds. The number of piperazine rings is 1. The highest BCUT2D eigenvalue weighted by Crippen LogP contribution is 2.37. The molecule has 0 radical (unpaired) electrons. The van der Waals surface area contributed by atoms with E-state index in [-0.39, 0.29) is 19.2 Å². The molecular weight excluding hydrogens is 304 g/mol. The fraction of sp³-hybridized carbons (Fsp3) is 0.500. The summed E-state index contributed by atoms with van der Waals surface area (Å²) in [7, 11) is -3.46. The Morgan fingerprint density at radius 2 is 1.75 bits per heavy atom. The highest BCUT2D eigenvalue weighted by molar-refractivity contribution is 7.89. The fourth-order valence-electron chi connectivity index (χ4n) is 2.33. The smallest absolute Gasteiger partial charge is 0.243 e. The molecule has 1 aromatic carbocycles. The van der Waals surface area contributed by atoms with Gasteiger partial charge in [-0.3, -0.25) is 0 Å². The SMILES string of the molecule is Cc1cc2c(cc1S(=O)(=O)N1CCNCC1)OCO2.Cl. The fourth-order valence-corrected chi connectivity index (χ4v) is 3.99. The van der Waals surface area contributed by atoms with Crippen LogP contribution in [0, 0.1) is 6.92 Å². The van der Waals surface area contributed by atoms with Crippen molar-refractivity contribution in [2.45, 2.75) is 11.8 Å². The van der Waals surface area contributed by atoms with Gasteiger partial charge in [0.1, 0.15) is 0 Å². The highest BCUT2D eigenvalue weighted by atomic mass is 35.5. The van der Waals surface area contributed by atoms with E-state index in [1.807, 2.05) is 0 Å². The third-order valence-electron chi connectivity index (χ3n) is 3.36. The zero-order valence-electron chi connectivity index (χ0n) is 11.1. The van der Waals surface area contributed by atoms with Gasteiger partial charge in [-0.15, -0.1) is 12.4 Å². The van der Waals surface area contributed by atoms with Gasteiger partial charge in [-0.25, -0.2) is 8.42 Å². The topological polar surface area (TPSA) is 67.9 Å². The van der Waals surface area contributed by atoms with Gasteiger partial charge in [0.05, 0.1) is 4.90 Å². The molecule has 0 aliphatic carbocycles. The van der Waals surface area contributed by atoms with E-state index in [4.69, 9.17) is 9.47 Å². The molecule has 3 rings (SSSR count). The predicted octanol–water partition coefficient (Wildman–Crippen LogP) is 0.739. The summed E-state index contributed by atoms with van der Waals surface area (Å²) < 4.78 is 37.2. The van der Waals surface area contributed by atoms with Gasteiger partial charge < -0.3 is 14.8 Å². The number of aryl methyl sites for hydroxylation is 1. The molecule has 1 aromatic rings. The molecule has 0 spiro atoms. The number of sulfonamides is 1. The number of nitrogens with zero attached hydrogens (tertiary/aromatic N) is 1. The second-order valence-electron chi connectivity index (χ2n) is 4.63. The molecule has 8 heteroatoms. The lowest BCUT2D eigenvalue weighted by Gasteiger charge is -2.27. The van der Waals surface area contributed by atoms with Crippen molar-refractivity contribution in [3.63, 3.8) is 0 Å². The Morgan fingerprint density at radius 1 is 1.15 bits per heavy atom. The van der Waals surface area contributed by atoms with Gasteiger partial charge in [-0.1, -0.05) is 0 Å². The molecule has 1 saturated heterocycles. The van der Waals surface area contributed by atoms with E-state index in [0.717, 1.165) is 0 Å². The van der Waals surface area contributed by atoms with Crippen molar-refractivity contribution < 1.29 is 17.9 Å².